The van der Waals surface area contributed by atoms with Crippen molar-refractivity contribution in [2.24, 2.45) is 0 Å². The smallest absolute Gasteiger partial charge is 0.155 e. The molecule has 0 aromatic carbocycles. The van der Waals surface area contributed by atoms with Gasteiger partial charge in [0.15, 0.2) is 5.78 Å². The maximum absolute atomic E-state index is 10.9. The van der Waals surface area contributed by atoms with Crippen LogP contribution in [0, 0.1) is 0 Å². The fourth-order valence-electron chi connectivity index (χ4n) is 0.938. The molecule has 0 N–H and O–H groups in total. The second kappa shape index (κ2) is 18.2. The highest BCUT2D eigenvalue weighted by molar-refractivity contribution is 5.93. The Morgan fingerprint density at radius 3 is 1.71 bits per heavy atom. The molecule has 14 heavy (non-hydrogen) atoms. The predicted molar refractivity (Wildman–Crippen MR) is 66.7 cm³/mol. The van der Waals surface area contributed by atoms with Crippen LogP contribution in [0.4, 0.5) is 0 Å². The Morgan fingerprint density at radius 1 is 1.07 bits per heavy atom. The summed E-state index contributed by atoms with van der Waals surface area (Å²) in [5.41, 5.74) is 0.991. The topological polar surface area (TPSA) is 17.1 Å². The van der Waals surface area contributed by atoms with Gasteiger partial charge in [-0.2, -0.15) is 0 Å². The summed E-state index contributed by atoms with van der Waals surface area (Å²) in [4.78, 5) is 10.9. The normalized spacial score (nSPS) is 9.21. The van der Waals surface area contributed by atoms with Crippen LogP contribution < -0.4 is 0 Å². The first kappa shape index (κ1) is 19.1. The third-order valence-electron chi connectivity index (χ3n) is 1.42. The van der Waals surface area contributed by atoms with E-state index in [0.717, 1.165) is 24.8 Å². The van der Waals surface area contributed by atoms with Crippen molar-refractivity contribution in [3.63, 3.8) is 0 Å². The highest BCUT2D eigenvalue weighted by Gasteiger charge is 1.99. The van der Waals surface area contributed by atoms with Crippen LogP contribution in [0.15, 0.2) is 11.6 Å². The van der Waals surface area contributed by atoms with Crippen LogP contribution in [0.5, 0.6) is 0 Å². The van der Waals surface area contributed by atoms with Gasteiger partial charge in [-0.3, -0.25) is 4.79 Å². The van der Waals surface area contributed by atoms with E-state index in [1.54, 1.807) is 6.92 Å². The third-order valence-corrected chi connectivity index (χ3v) is 1.42. The van der Waals surface area contributed by atoms with Gasteiger partial charge < -0.3 is 0 Å². The van der Waals surface area contributed by atoms with Crippen molar-refractivity contribution in [1.82, 2.24) is 0 Å². The van der Waals surface area contributed by atoms with Crippen molar-refractivity contribution >= 4 is 5.78 Å². The maximum atomic E-state index is 10.9. The molecule has 0 aromatic rings. The highest BCUT2D eigenvalue weighted by atomic mass is 16.1. The van der Waals surface area contributed by atoms with E-state index in [4.69, 9.17) is 0 Å². The maximum Gasteiger partial charge on any atom is 0.155 e. The molecule has 0 saturated heterocycles. The fourth-order valence-corrected chi connectivity index (χ4v) is 0.938. The average Bonchev–Trinajstić information content (AvgIpc) is 2.23. The van der Waals surface area contributed by atoms with E-state index in [2.05, 4.69) is 13.8 Å². The number of rotatable bonds is 4. The molecule has 0 fully saturated rings. The van der Waals surface area contributed by atoms with Gasteiger partial charge in [0, 0.05) is 0 Å². The molecule has 1 heteroatoms. The zero-order valence-corrected chi connectivity index (χ0v) is 11.1. The van der Waals surface area contributed by atoms with E-state index < -0.39 is 0 Å². The monoisotopic (exact) mass is 200 g/mol. The quantitative estimate of drug-likeness (QED) is 0.598. The molecule has 0 spiro atoms. The molecule has 0 unspecified atom stereocenters. The first-order valence-corrected chi connectivity index (χ1v) is 5.92. The van der Waals surface area contributed by atoms with Gasteiger partial charge in [-0.05, 0) is 25.3 Å². The number of carbonyl (C=O) groups excluding carboxylic acids is 1. The molecule has 0 aliphatic heterocycles. The Labute approximate surface area is 90.6 Å². The number of allylic oxidation sites excluding steroid dienone is 2. The lowest BCUT2D eigenvalue weighted by molar-refractivity contribution is -0.113. The first-order chi connectivity index (χ1) is 6.72. The first-order valence-electron chi connectivity index (χ1n) is 5.92. The molecule has 0 saturated carbocycles. The second-order valence-corrected chi connectivity index (χ2v) is 2.44. The van der Waals surface area contributed by atoms with Gasteiger partial charge in [-0.25, -0.2) is 0 Å². The standard InChI is InChI=1S/C9H16O.2C2H6/c1-4-6-9(7-5-2)8(3)10;2*1-2/h6H,4-5,7H2,1-3H3;2*1-2H3/b9-6+;;. The van der Waals surface area contributed by atoms with Gasteiger partial charge in [0.05, 0.1) is 0 Å². The lowest BCUT2D eigenvalue weighted by Crippen LogP contribution is -1.95. The van der Waals surface area contributed by atoms with Gasteiger partial charge in [0.2, 0.25) is 0 Å². The Bertz CT molecular complexity index is 134. The third kappa shape index (κ3) is 14.0. The largest absolute Gasteiger partial charge is 0.295 e. The lowest BCUT2D eigenvalue weighted by atomic mass is 10.1. The van der Waals surface area contributed by atoms with Crippen molar-refractivity contribution in [2.75, 3.05) is 0 Å². The van der Waals surface area contributed by atoms with E-state index in [1.165, 1.54) is 0 Å². The minimum absolute atomic E-state index is 0.226. The van der Waals surface area contributed by atoms with Gasteiger partial charge in [0.25, 0.3) is 0 Å². The molecule has 0 rings (SSSR count). The molecular weight excluding hydrogens is 172 g/mol. The molecule has 0 radical (unpaired) electrons. The molecule has 0 amide bonds. The van der Waals surface area contributed by atoms with E-state index in [-0.39, 0.29) is 5.78 Å². The van der Waals surface area contributed by atoms with E-state index in [0.29, 0.717) is 0 Å². The lowest BCUT2D eigenvalue weighted by Gasteiger charge is -1.98. The van der Waals surface area contributed by atoms with Crippen LogP contribution in [0.2, 0.25) is 0 Å². The van der Waals surface area contributed by atoms with Crippen LogP contribution in [-0.2, 0) is 4.79 Å². The van der Waals surface area contributed by atoms with Gasteiger partial charge >= 0.3 is 0 Å². The summed E-state index contributed by atoms with van der Waals surface area (Å²) >= 11 is 0. The average molecular weight is 200 g/mol. The molecule has 0 aliphatic rings. The highest BCUT2D eigenvalue weighted by Crippen LogP contribution is 2.06. The number of carbonyl (C=O) groups is 1. The number of hydrogen-bond donors (Lipinski definition) is 0. The van der Waals surface area contributed by atoms with E-state index >= 15 is 0 Å². The van der Waals surface area contributed by atoms with Gasteiger partial charge in [-0.1, -0.05) is 54.0 Å². The molecule has 0 aromatic heterocycles. The number of Topliss-reactive ketones (excluding diaryl/α,β-unsaturated/α-hetero) is 1. The van der Waals surface area contributed by atoms with Crippen LogP contribution in [0.1, 0.15) is 67.7 Å². The van der Waals surface area contributed by atoms with Gasteiger partial charge in [0.1, 0.15) is 0 Å². The number of hydrogen-bond acceptors (Lipinski definition) is 1. The van der Waals surface area contributed by atoms with Crippen molar-refractivity contribution < 1.29 is 4.79 Å². The zero-order chi connectivity index (χ0) is 12.0. The zero-order valence-electron chi connectivity index (χ0n) is 11.1. The Kier molecular flexibility index (Phi) is 24.8. The summed E-state index contributed by atoms with van der Waals surface area (Å²) in [7, 11) is 0. The summed E-state index contributed by atoms with van der Waals surface area (Å²) in [6.45, 7) is 13.8. The van der Waals surface area contributed by atoms with Crippen molar-refractivity contribution in [3.8, 4) is 0 Å². The predicted octanol–water partition coefficient (Wildman–Crippen LogP) is 4.76. The summed E-state index contributed by atoms with van der Waals surface area (Å²) < 4.78 is 0. The molecule has 0 heterocycles. The minimum atomic E-state index is 0.226. The minimum Gasteiger partial charge on any atom is -0.295 e. The van der Waals surface area contributed by atoms with Gasteiger partial charge in [-0.15, -0.1) is 0 Å². The molecular formula is C13H28O. The molecule has 0 bridgehead atoms. The van der Waals surface area contributed by atoms with Crippen LogP contribution >= 0.6 is 0 Å². The van der Waals surface area contributed by atoms with Crippen LogP contribution in [0.3, 0.4) is 0 Å². The van der Waals surface area contributed by atoms with Crippen molar-refractivity contribution in [1.29, 1.82) is 0 Å². The molecule has 0 aliphatic carbocycles. The number of ketones is 1. The van der Waals surface area contributed by atoms with E-state index in [9.17, 15) is 4.79 Å². The van der Waals surface area contributed by atoms with Crippen LogP contribution in [0.25, 0.3) is 0 Å². The fraction of sp³-hybridized carbons (Fsp3) is 0.769. The molecule has 0 atom stereocenters. The Morgan fingerprint density at radius 2 is 1.50 bits per heavy atom. The molecule has 86 valence electrons. The van der Waals surface area contributed by atoms with Crippen molar-refractivity contribution in [2.45, 2.75) is 67.7 Å². The Hall–Kier alpha value is -0.590. The summed E-state index contributed by atoms with van der Waals surface area (Å²) in [6.07, 6.45) is 4.98. The summed E-state index contributed by atoms with van der Waals surface area (Å²) in [5.74, 6) is 0.226. The van der Waals surface area contributed by atoms with Crippen LogP contribution in [-0.4, -0.2) is 5.78 Å². The SMILES string of the molecule is CC.CC.CC/C=C(\CCC)C(C)=O. The Balaban J connectivity index is -0.000000266. The van der Waals surface area contributed by atoms with E-state index in [1.807, 2.05) is 33.8 Å². The summed E-state index contributed by atoms with van der Waals surface area (Å²) in [6, 6.07) is 0. The summed E-state index contributed by atoms with van der Waals surface area (Å²) in [5, 5.41) is 0. The second-order valence-electron chi connectivity index (χ2n) is 2.44. The van der Waals surface area contributed by atoms with Crippen molar-refractivity contribution in [3.05, 3.63) is 11.6 Å². The molecule has 1 nitrogen and oxygen atoms in total.